The van der Waals surface area contributed by atoms with E-state index in [1.165, 1.54) is 22.9 Å². The number of nitrogens with one attached hydrogen (secondary N) is 1. The molecule has 6 heteroatoms. The Balaban J connectivity index is 1.40. The third kappa shape index (κ3) is 3.19. The lowest BCUT2D eigenvalue weighted by Gasteiger charge is -2.33. The Kier molecular flexibility index (Phi) is 4.82. The van der Waals surface area contributed by atoms with Crippen molar-refractivity contribution in [2.75, 3.05) is 13.1 Å². The molecule has 3 aliphatic rings. The van der Waals surface area contributed by atoms with E-state index in [2.05, 4.69) is 24.0 Å². The number of likely N-dealkylation sites (N-methyl/N-ethyl adjacent to an activating group) is 1. The van der Waals surface area contributed by atoms with Crippen LogP contribution < -0.4 is 10.1 Å². The van der Waals surface area contributed by atoms with Gasteiger partial charge in [-0.25, -0.2) is 0 Å². The summed E-state index contributed by atoms with van der Waals surface area (Å²) in [5.74, 6) is 1.20. The molecule has 30 heavy (non-hydrogen) atoms. The van der Waals surface area contributed by atoms with Crippen molar-refractivity contribution in [2.24, 2.45) is 0 Å². The first-order chi connectivity index (χ1) is 14.5. The molecule has 5 rings (SSSR count). The number of hydrogen-bond donors (Lipinski definition) is 1. The molecule has 2 amide bonds. The van der Waals surface area contributed by atoms with E-state index in [4.69, 9.17) is 4.74 Å². The fraction of sp³-hybridized carbons (Fsp3) is 0.333. The quantitative estimate of drug-likeness (QED) is 0.782. The van der Waals surface area contributed by atoms with E-state index >= 15 is 0 Å². The Morgan fingerprint density at radius 3 is 2.80 bits per heavy atom. The average Bonchev–Trinajstić information content (AvgIpc) is 3.31. The van der Waals surface area contributed by atoms with Crippen molar-refractivity contribution in [3.63, 3.8) is 0 Å². The Bertz CT molecular complexity index is 1050. The second-order valence-electron chi connectivity index (χ2n) is 8.02. The number of fused-ring (bicyclic) bond motifs is 2. The first-order valence-corrected chi connectivity index (χ1v) is 11.3. The summed E-state index contributed by atoms with van der Waals surface area (Å²) in [5, 5.41) is 2.92. The van der Waals surface area contributed by atoms with E-state index < -0.39 is 0 Å². The molecule has 3 atom stereocenters. The highest BCUT2D eigenvalue weighted by atomic mass is 32.2. The predicted octanol–water partition coefficient (Wildman–Crippen LogP) is 4.65. The summed E-state index contributed by atoms with van der Waals surface area (Å²) in [6.07, 6.45) is 1.80. The molecular formula is C24H24N2O3S. The van der Waals surface area contributed by atoms with Gasteiger partial charge in [-0.1, -0.05) is 42.6 Å². The monoisotopic (exact) mass is 420 g/mol. The number of hydrogen-bond acceptors (Lipinski definition) is 4. The van der Waals surface area contributed by atoms with Crippen LogP contribution >= 0.6 is 11.8 Å². The molecule has 0 bridgehead atoms. The van der Waals surface area contributed by atoms with Crippen molar-refractivity contribution in [1.29, 1.82) is 0 Å². The maximum absolute atomic E-state index is 12.6. The molecule has 1 saturated heterocycles. The van der Waals surface area contributed by atoms with Gasteiger partial charge in [0.1, 0.15) is 11.9 Å². The van der Waals surface area contributed by atoms with Gasteiger partial charge in [-0.2, -0.15) is 0 Å². The lowest BCUT2D eigenvalue weighted by molar-refractivity contribution is 0.0611. The zero-order valence-electron chi connectivity index (χ0n) is 16.9. The lowest BCUT2D eigenvalue weighted by Crippen LogP contribution is -2.41. The van der Waals surface area contributed by atoms with Crippen LogP contribution in [-0.2, 0) is 6.42 Å². The normalized spacial score (nSPS) is 25.2. The fourth-order valence-electron chi connectivity index (χ4n) is 4.82. The molecule has 2 aromatic carbocycles. The molecule has 0 aromatic heterocycles. The van der Waals surface area contributed by atoms with Crippen molar-refractivity contribution in [3.8, 4) is 5.75 Å². The Morgan fingerprint density at radius 2 is 2.03 bits per heavy atom. The van der Waals surface area contributed by atoms with Crippen LogP contribution in [0.4, 0.5) is 4.79 Å². The van der Waals surface area contributed by atoms with E-state index in [0.717, 1.165) is 35.4 Å². The van der Waals surface area contributed by atoms with Crippen LogP contribution in [0.3, 0.4) is 0 Å². The maximum Gasteiger partial charge on any atom is 0.283 e. The summed E-state index contributed by atoms with van der Waals surface area (Å²) in [6, 6.07) is 14.0. The predicted molar refractivity (Wildman–Crippen MR) is 118 cm³/mol. The largest absolute Gasteiger partial charge is 0.484 e. The van der Waals surface area contributed by atoms with Crippen molar-refractivity contribution in [2.45, 2.75) is 37.0 Å². The zero-order chi connectivity index (χ0) is 20.8. The zero-order valence-corrected chi connectivity index (χ0v) is 17.7. The second-order valence-corrected chi connectivity index (χ2v) is 9.13. The van der Waals surface area contributed by atoms with E-state index in [-0.39, 0.29) is 22.5 Å². The second kappa shape index (κ2) is 7.51. The van der Waals surface area contributed by atoms with Crippen LogP contribution in [0.1, 0.15) is 52.4 Å². The minimum absolute atomic E-state index is 0.00982. The molecule has 0 radical (unpaired) electrons. The third-order valence-electron chi connectivity index (χ3n) is 6.32. The molecule has 2 unspecified atom stereocenters. The Hall–Kier alpha value is -2.73. The van der Waals surface area contributed by atoms with Crippen LogP contribution in [0.2, 0.25) is 0 Å². The first-order valence-electron chi connectivity index (χ1n) is 10.4. The van der Waals surface area contributed by atoms with Crippen LogP contribution in [0.25, 0.3) is 0 Å². The smallest absolute Gasteiger partial charge is 0.283 e. The number of rotatable bonds is 4. The number of ether oxygens (including phenoxy) is 1. The number of nitrogens with zero attached hydrogens (tertiary/aromatic N) is 1. The van der Waals surface area contributed by atoms with Gasteiger partial charge in [-0.15, -0.1) is 0 Å². The molecule has 2 aliphatic heterocycles. The van der Waals surface area contributed by atoms with Crippen molar-refractivity contribution in [3.05, 3.63) is 77.0 Å². The van der Waals surface area contributed by atoms with Crippen LogP contribution in [-0.4, -0.2) is 34.4 Å². The van der Waals surface area contributed by atoms with Gasteiger partial charge in [0, 0.05) is 29.3 Å². The van der Waals surface area contributed by atoms with E-state index in [9.17, 15) is 9.59 Å². The number of carbonyl (C=O) groups is 2. The van der Waals surface area contributed by atoms with Gasteiger partial charge in [0.25, 0.3) is 11.1 Å². The Labute approximate surface area is 180 Å². The molecule has 0 spiro atoms. The van der Waals surface area contributed by atoms with Gasteiger partial charge in [-0.05, 0) is 49.1 Å². The average molecular weight is 421 g/mol. The molecule has 1 N–H and O–H groups in total. The lowest BCUT2D eigenvalue weighted by atomic mass is 9.95. The SMILES string of the molecule is C=C1NC(=O)SC1[C@@H]1CCc2cc(OC3CN(CC)C(=O)c4ccccc43)ccc21. The van der Waals surface area contributed by atoms with Gasteiger partial charge < -0.3 is 15.0 Å². The minimum atomic E-state index is -0.180. The number of amides is 2. The van der Waals surface area contributed by atoms with Gasteiger partial charge in [0.05, 0.1) is 11.8 Å². The van der Waals surface area contributed by atoms with E-state index in [0.29, 0.717) is 19.0 Å². The van der Waals surface area contributed by atoms with Crippen LogP contribution in [0.15, 0.2) is 54.7 Å². The van der Waals surface area contributed by atoms with Gasteiger partial charge in [0.15, 0.2) is 0 Å². The standard InChI is InChI=1S/C24H24N2O3S/c1-3-26-13-21(18-6-4-5-7-20(18)23(26)27)29-16-9-11-17-15(12-16)8-10-19(17)22-14(2)25-24(28)30-22/h4-7,9,11-12,19,21-22H,2-3,8,10,13H2,1H3,(H,25,28)/t19-,21?,22?/m1/s1. The molecule has 0 saturated carbocycles. The minimum Gasteiger partial charge on any atom is -0.484 e. The topological polar surface area (TPSA) is 58.6 Å². The highest BCUT2D eigenvalue weighted by Gasteiger charge is 2.38. The maximum atomic E-state index is 12.6. The third-order valence-corrected chi connectivity index (χ3v) is 7.50. The molecule has 1 fully saturated rings. The van der Waals surface area contributed by atoms with E-state index in [1.807, 2.05) is 42.2 Å². The fourth-order valence-corrected chi connectivity index (χ4v) is 5.89. The summed E-state index contributed by atoms with van der Waals surface area (Å²) in [5.41, 5.74) is 5.05. The highest BCUT2D eigenvalue weighted by Crippen LogP contribution is 2.45. The number of carbonyl (C=O) groups excluding carboxylic acids is 2. The Morgan fingerprint density at radius 1 is 1.20 bits per heavy atom. The molecule has 2 heterocycles. The number of thioether (sulfide) groups is 1. The summed E-state index contributed by atoms with van der Waals surface area (Å²) >= 11 is 1.34. The first kappa shape index (κ1) is 19.2. The summed E-state index contributed by atoms with van der Waals surface area (Å²) in [7, 11) is 0. The van der Waals surface area contributed by atoms with Crippen molar-refractivity contribution >= 4 is 22.9 Å². The van der Waals surface area contributed by atoms with Gasteiger partial charge in [0.2, 0.25) is 0 Å². The molecule has 5 nitrogen and oxygen atoms in total. The van der Waals surface area contributed by atoms with Crippen LogP contribution in [0.5, 0.6) is 5.75 Å². The van der Waals surface area contributed by atoms with Crippen LogP contribution in [0, 0.1) is 0 Å². The molecule has 2 aromatic rings. The number of benzene rings is 2. The highest BCUT2D eigenvalue weighted by molar-refractivity contribution is 8.14. The molecule has 1 aliphatic carbocycles. The van der Waals surface area contributed by atoms with Crippen molar-refractivity contribution < 1.29 is 14.3 Å². The number of aryl methyl sites for hydroxylation is 1. The molecule has 154 valence electrons. The van der Waals surface area contributed by atoms with Crippen molar-refractivity contribution in [1.82, 2.24) is 10.2 Å². The summed E-state index contributed by atoms with van der Waals surface area (Å²) in [4.78, 5) is 26.2. The summed E-state index contributed by atoms with van der Waals surface area (Å²) < 4.78 is 6.40. The summed E-state index contributed by atoms with van der Waals surface area (Å²) in [6.45, 7) is 7.24. The van der Waals surface area contributed by atoms with E-state index in [1.54, 1.807) is 0 Å². The molecular weight excluding hydrogens is 396 g/mol. The van der Waals surface area contributed by atoms with Gasteiger partial charge >= 0.3 is 0 Å². The van der Waals surface area contributed by atoms with Gasteiger partial charge in [-0.3, -0.25) is 9.59 Å².